The molecule has 0 aliphatic rings. The third kappa shape index (κ3) is 37.2. The first kappa shape index (κ1) is 43.0. The first-order valence-electron chi connectivity index (χ1n) is 19.9. The SMILES string of the molecule is CCCCCCCCCCCCCCCC/C=C/OCC(CN(C)C)O/C=C/CCCCCCCCCCCCCCCC. The maximum absolute atomic E-state index is 6.02. The maximum Gasteiger partial charge on any atom is 0.144 e. The lowest BCUT2D eigenvalue weighted by Crippen LogP contribution is -2.30. The second kappa shape index (κ2) is 38.2. The van der Waals surface area contributed by atoms with Crippen LogP contribution in [0, 0.1) is 0 Å². The number of hydrogen-bond donors (Lipinski definition) is 0. The van der Waals surface area contributed by atoms with E-state index in [4.69, 9.17) is 9.47 Å². The Morgan fingerprint density at radius 1 is 0.432 bits per heavy atom. The zero-order valence-electron chi connectivity index (χ0n) is 30.8. The number of allylic oxidation sites excluding steroid dienone is 2. The zero-order valence-corrected chi connectivity index (χ0v) is 30.8. The van der Waals surface area contributed by atoms with Crippen LogP contribution in [-0.4, -0.2) is 38.3 Å². The van der Waals surface area contributed by atoms with Crippen molar-refractivity contribution in [3.05, 3.63) is 24.7 Å². The largest absolute Gasteiger partial charge is 0.498 e. The van der Waals surface area contributed by atoms with E-state index in [9.17, 15) is 0 Å². The molecule has 1 atom stereocenters. The fourth-order valence-corrected chi connectivity index (χ4v) is 5.99. The summed E-state index contributed by atoms with van der Waals surface area (Å²) in [6.45, 7) is 6.07. The van der Waals surface area contributed by atoms with Gasteiger partial charge in [-0.2, -0.15) is 0 Å². The minimum Gasteiger partial charge on any atom is -0.498 e. The summed E-state index contributed by atoms with van der Waals surface area (Å²) >= 11 is 0. The quantitative estimate of drug-likeness (QED) is 0.0510. The summed E-state index contributed by atoms with van der Waals surface area (Å²) in [6, 6.07) is 0. The Balaban J connectivity index is 3.58. The average Bonchev–Trinajstić information content (AvgIpc) is 3.01. The normalized spacial score (nSPS) is 12.7. The highest BCUT2D eigenvalue weighted by atomic mass is 16.5. The van der Waals surface area contributed by atoms with Crippen molar-refractivity contribution in [1.29, 1.82) is 0 Å². The highest BCUT2D eigenvalue weighted by Crippen LogP contribution is 2.15. The third-order valence-electron chi connectivity index (χ3n) is 8.86. The van der Waals surface area contributed by atoms with Crippen LogP contribution in [-0.2, 0) is 9.47 Å². The van der Waals surface area contributed by atoms with E-state index >= 15 is 0 Å². The first-order valence-corrected chi connectivity index (χ1v) is 19.9. The van der Waals surface area contributed by atoms with Crippen molar-refractivity contribution < 1.29 is 9.47 Å². The van der Waals surface area contributed by atoms with Crippen molar-refractivity contribution >= 4 is 0 Å². The lowest BCUT2D eigenvalue weighted by Gasteiger charge is -2.20. The monoisotopic (exact) mass is 620 g/mol. The van der Waals surface area contributed by atoms with Gasteiger partial charge in [0.15, 0.2) is 0 Å². The molecule has 0 aromatic carbocycles. The molecular weight excluding hydrogens is 538 g/mol. The van der Waals surface area contributed by atoms with Crippen LogP contribution in [0.2, 0.25) is 0 Å². The van der Waals surface area contributed by atoms with E-state index in [1.165, 1.54) is 180 Å². The van der Waals surface area contributed by atoms with Crippen LogP contribution in [0.1, 0.15) is 206 Å². The Morgan fingerprint density at radius 3 is 1.09 bits per heavy atom. The highest BCUT2D eigenvalue weighted by molar-refractivity contribution is 4.78. The predicted octanol–water partition coefficient (Wildman–Crippen LogP) is 13.7. The number of hydrogen-bond acceptors (Lipinski definition) is 3. The van der Waals surface area contributed by atoms with Gasteiger partial charge in [0.05, 0.1) is 12.5 Å². The molecule has 0 rings (SSSR count). The van der Waals surface area contributed by atoms with Gasteiger partial charge in [0.25, 0.3) is 0 Å². The molecule has 0 spiro atoms. The van der Waals surface area contributed by atoms with Crippen molar-refractivity contribution in [1.82, 2.24) is 4.90 Å². The Hall–Kier alpha value is -0.960. The van der Waals surface area contributed by atoms with E-state index in [0.29, 0.717) is 6.61 Å². The predicted molar refractivity (Wildman–Crippen MR) is 198 cm³/mol. The molecule has 0 amide bonds. The van der Waals surface area contributed by atoms with E-state index in [1.54, 1.807) is 0 Å². The van der Waals surface area contributed by atoms with Crippen molar-refractivity contribution in [3.63, 3.8) is 0 Å². The van der Waals surface area contributed by atoms with Crippen LogP contribution in [0.4, 0.5) is 0 Å². The molecule has 0 fully saturated rings. The number of likely N-dealkylation sites (N-methyl/N-ethyl adjacent to an activating group) is 1. The number of rotatable bonds is 37. The van der Waals surface area contributed by atoms with Gasteiger partial charge >= 0.3 is 0 Å². The van der Waals surface area contributed by atoms with Crippen LogP contribution in [0.5, 0.6) is 0 Å². The van der Waals surface area contributed by atoms with Gasteiger partial charge in [0.1, 0.15) is 12.7 Å². The second-order valence-electron chi connectivity index (χ2n) is 13.9. The Morgan fingerprint density at radius 2 is 0.750 bits per heavy atom. The van der Waals surface area contributed by atoms with E-state index < -0.39 is 0 Å². The molecule has 1 unspecified atom stereocenters. The number of ether oxygens (including phenoxy) is 2. The number of nitrogens with zero attached hydrogens (tertiary/aromatic N) is 1. The second-order valence-corrected chi connectivity index (χ2v) is 13.9. The minimum absolute atomic E-state index is 0.0725. The molecule has 3 heteroatoms. The zero-order chi connectivity index (χ0) is 32.0. The first-order chi connectivity index (χ1) is 21.7. The number of unbranched alkanes of at least 4 members (excludes halogenated alkanes) is 28. The standard InChI is InChI=1S/C41H81NO2/c1-5-7-9-11-13-15-17-19-21-23-25-27-29-31-33-35-37-43-40-41(39-42(3)4)44-38-36-34-32-30-28-26-24-22-20-18-16-14-12-10-8-6-2/h35-38,41H,5-34,39-40H2,1-4H3/b37-35+,38-36+. The summed E-state index contributed by atoms with van der Waals surface area (Å²) in [5.41, 5.74) is 0. The molecule has 0 aliphatic carbocycles. The minimum atomic E-state index is 0.0725. The summed E-state index contributed by atoms with van der Waals surface area (Å²) in [4.78, 5) is 2.17. The molecule has 0 bridgehead atoms. The van der Waals surface area contributed by atoms with Gasteiger partial charge in [0.2, 0.25) is 0 Å². The molecular formula is C41H81NO2. The molecule has 0 aromatic heterocycles. The third-order valence-corrected chi connectivity index (χ3v) is 8.86. The van der Waals surface area contributed by atoms with Gasteiger partial charge < -0.3 is 14.4 Å². The molecule has 3 nitrogen and oxygen atoms in total. The molecule has 0 aromatic rings. The summed E-state index contributed by atoms with van der Waals surface area (Å²) in [7, 11) is 4.19. The van der Waals surface area contributed by atoms with Crippen LogP contribution >= 0.6 is 0 Å². The summed E-state index contributed by atoms with van der Waals surface area (Å²) in [5.74, 6) is 0. The molecule has 262 valence electrons. The van der Waals surface area contributed by atoms with Crippen molar-refractivity contribution in [2.75, 3.05) is 27.2 Å². The van der Waals surface area contributed by atoms with Gasteiger partial charge in [-0.3, -0.25) is 0 Å². The topological polar surface area (TPSA) is 21.7 Å². The van der Waals surface area contributed by atoms with Crippen molar-refractivity contribution in [2.45, 2.75) is 213 Å². The van der Waals surface area contributed by atoms with E-state index in [1.807, 2.05) is 12.5 Å². The maximum atomic E-state index is 6.02. The van der Waals surface area contributed by atoms with Crippen molar-refractivity contribution in [3.8, 4) is 0 Å². The Labute approximate surface area is 278 Å². The molecule has 0 aliphatic heterocycles. The van der Waals surface area contributed by atoms with Crippen LogP contribution in [0.25, 0.3) is 0 Å². The lowest BCUT2D eigenvalue weighted by atomic mass is 10.0. The molecule has 44 heavy (non-hydrogen) atoms. The fourth-order valence-electron chi connectivity index (χ4n) is 5.99. The van der Waals surface area contributed by atoms with Gasteiger partial charge in [0, 0.05) is 6.54 Å². The van der Waals surface area contributed by atoms with Crippen molar-refractivity contribution in [2.24, 2.45) is 0 Å². The van der Waals surface area contributed by atoms with Crippen LogP contribution in [0.3, 0.4) is 0 Å². The lowest BCUT2D eigenvalue weighted by molar-refractivity contribution is 0.0496. The van der Waals surface area contributed by atoms with E-state index in [-0.39, 0.29) is 6.10 Å². The van der Waals surface area contributed by atoms with Crippen LogP contribution < -0.4 is 0 Å². The average molecular weight is 620 g/mol. The Kier molecular flexibility index (Phi) is 37.4. The van der Waals surface area contributed by atoms with E-state index in [2.05, 4.69) is 45.0 Å². The fraction of sp³-hybridized carbons (Fsp3) is 0.902. The molecule has 0 N–H and O–H groups in total. The van der Waals surface area contributed by atoms with Crippen LogP contribution in [0.15, 0.2) is 24.7 Å². The smallest absolute Gasteiger partial charge is 0.144 e. The highest BCUT2D eigenvalue weighted by Gasteiger charge is 2.09. The Bertz CT molecular complexity index is 573. The molecule has 0 heterocycles. The summed E-state index contributed by atoms with van der Waals surface area (Å²) < 4.78 is 11.9. The molecule has 0 saturated carbocycles. The van der Waals surface area contributed by atoms with Gasteiger partial charge in [-0.05, 0) is 51.9 Å². The molecule has 0 radical (unpaired) electrons. The molecule has 0 saturated heterocycles. The van der Waals surface area contributed by atoms with Gasteiger partial charge in [-0.1, -0.05) is 181 Å². The summed E-state index contributed by atoms with van der Waals surface area (Å²) in [5, 5.41) is 0. The van der Waals surface area contributed by atoms with E-state index in [0.717, 1.165) is 19.4 Å². The van der Waals surface area contributed by atoms with Gasteiger partial charge in [-0.25, -0.2) is 0 Å². The van der Waals surface area contributed by atoms with Gasteiger partial charge in [-0.15, -0.1) is 0 Å². The summed E-state index contributed by atoms with van der Waals surface area (Å²) in [6.07, 6.45) is 50.0.